The molecule has 0 saturated carbocycles. The molecule has 2 aliphatic rings. The summed E-state index contributed by atoms with van der Waals surface area (Å²) in [6, 6.07) is 5.72. The number of carbonyl (C=O) groups is 1. The third-order valence-electron chi connectivity index (χ3n) is 4.44. The molecule has 0 spiro atoms. The Bertz CT molecular complexity index is 563. The highest BCUT2D eigenvalue weighted by Gasteiger charge is 2.31. The number of thioether (sulfide) groups is 1. The molecule has 6 nitrogen and oxygen atoms in total. The molecule has 3 N–H and O–H groups in total. The van der Waals surface area contributed by atoms with Gasteiger partial charge >= 0.3 is 0 Å². The molecule has 0 aromatic heterocycles. The third kappa shape index (κ3) is 3.98. The fourth-order valence-corrected chi connectivity index (χ4v) is 4.40. The number of benzene rings is 1. The van der Waals surface area contributed by atoms with Crippen LogP contribution in [0.5, 0.6) is 5.75 Å². The molecule has 1 aromatic rings. The summed E-state index contributed by atoms with van der Waals surface area (Å²) >= 11 is 1.66. The Morgan fingerprint density at radius 1 is 1.48 bits per heavy atom. The van der Waals surface area contributed by atoms with Gasteiger partial charge in [-0.3, -0.25) is 0 Å². The zero-order valence-corrected chi connectivity index (χ0v) is 14.1. The maximum absolute atomic E-state index is 11.0. The van der Waals surface area contributed by atoms with Crippen LogP contribution in [0.25, 0.3) is 0 Å². The Balaban J connectivity index is 1.74. The van der Waals surface area contributed by atoms with Crippen LogP contribution < -0.4 is 20.1 Å². The van der Waals surface area contributed by atoms with Crippen molar-refractivity contribution >= 4 is 17.7 Å². The van der Waals surface area contributed by atoms with Crippen LogP contribution in [0.2, 0.25) is 0 Å². The second-order valence-corrected chi connectivity index (χ2v) is 7.16. The van der Waals surface area contributed by atoms with Crippen LogP contribution in [-0.4, -0.2) is 51.2 Å². The maximum Gasteiger partial charge on any atom is 0.159 e. The van der Waals surface area contributed by atoms with Crippen molar-refractivity contribution in [2.24, 2.45) is 0 Å². The zero-order chi connectivity index (χ0) is 16.2. The Labute approximate surface area is 140 Å². The summed E-state index contributed by atoms with van der Waals surface area (Å²) in [6.07, 6.45) is 0. The van der Waals surface area contributed by atoms with Crippen LogP contribution >= 0.6 is 11.8 Å². The quantitative estimate of drug-likeness (QED) is 0.622. The second kappa shape index (κ2) is 7.53. The number of quaternary nitrogens is 2. The first kappa shape index (κ1) is 16.6. The standard InChI is InChI=1S/C16H22N2O4S/c1-21-14-3-2-11(15-17-13(10-23-15)16(19)20)8-12(14)9-18-4-6-22-7-5-18/h2-3,8,13,15,17H,4-7,9-10H2,1H3,(H,19,20)/p+1/t13-,15-/m0/s1. The van der Waals surface area contributed by atoms with E-state index in [1.807, 2.05) is 17.4 Å². The van der Waals surface area contributed by atoms with Crippen LogP contribution in [0.3, 0.4) is 0 Å². The van der Waals surface area contributed by atoms with Gasteiger partial charge in [-0.25, -0.2) is 0 Å². The number of carbonyl (C=O) groups excluding carboxylic acids is 1. The lowest BCUT2D eigenvalue weighted by Crippen LogP contribution is -3.12. The topological polar surface area (TPSA) is 79.6 Å². The minimum atomic E-state index is -0.980. The molecule has 3 rings (SSSR count). The highest BCUT2D eigenvalue weighted by atomic mass is 32.2. The van der Waals surface area contributed by atoms with E-state index in [2.05, 4.69) is 6.07 Å². The van der Waals surface area contributed by atoms with Gasteiger partial charge in [-0.1, -0.05) is 11.8 Å². The Kier molecular flexibility index (Phi) is 5.42. The molecule has 7 heteroatoms. The number of aliphatic carboxylic acids is 1. The monoisotopic (exact) mass is 339 g/mol. The first-order chi connectivity index (χ1) is 11.2. The van der Waals surface area contributed by atoms with Crippen molar-refractivity contribution in [2.75, 3.05) is 39.2 Å². The normalized spacial score (nSPS) is 25.4. The van der Waals surface area contributed by atoms with Gasteiger partial charge in [0.05, 0.1) is 26.1 Å². The zero-order valence-electron chi connectivity index (χ0n) is 13.2. The summed E-state index contributed by atoms with van der Waals surface area (Å²) in [5, 5.41) is 13.0. The van der Waals surface area contributed by atoms with Gasteiger partial charge in [0.15, 0.2) is 5.37 Å². The predicted octanol–water partition coefficient (Wildman–Crippen LogP) is -2.46. The third-order valence-corrected chi connectivity index (χ3v) is 5.78. The highest BCUT2D eigenvalue weighted by Crippen LogP contribution is 2.30. The minimum Gasteiger partial charge on any atom is -0.544 e. The minimum absolute atomic E-state index is 0.113. The van der Waals surface area contributed by atoms with Crippen molar-refractivity contribution in [3.8, 4) is 5.75 Å². The molecule has 2 fully saturated rings. The molecule has 0 bridgehead atoms. The molecule has 126 valence electrons. The average Bonchev–Trinajstić information content (AvgIpc) is 3.06. The van der Waals surface area contributed by atoms with Gasteiger partial charge in [-0.15, -0.1) is 0 Å². The summed E-state index contributed by atoms with van der Waals surface area (Å²) in [5.41, 5.74) is 2.31. The molecule has 0 unspecified atom stereocenters. The molecular formula is C16H23N2O4S+. The molecule has 2 aliphatic heterocycles. The van der Waals surface area contributed by atoms with Gasteiger partial charge < -0.3 is 29.6 Å². The van der Waals surface area contributed by atoms with E-state index in [1.165, 1.54) is 10.5 Å². The lowest BCUT2D eigenvalue weighted by Gasteiger charge is -2.24. The van der Waals surface area contributed by atoms with Gasteiger partial charge in [-0.05, 0) is 18.2 Å². The molecule has 0 radical (unpaired) electrons. The molecule has 2 atom stereocenters. The van der Waals surface area contributed by atoms with Gasteiger partial charge in [-0.2, -0.15) is 0 Å². The van der Waals surface area contributed by atoms with Crippen molar-refractivity contribution in [2.45, 2.75) is 18.0 Å². The van der Waals surface area contributed by atoms with E-state index in [9.17, 15) is 9.90 Å². The van der Waals surface area contributed by atoms with Crippen molar-refractivity contribution in [1.29, 1.82) is 0 Å². The molecule has 23 heavy (non-hydrogen) atoms. The van der Waals surface area contributed by atoms with Gasteiger partial charge in [0.1, 0.15) is 37.4 Å². The van der Waals surface area contributed by atoms with E-state index in [0.29, 0.717) is 5.75 Å². The number of hydrogen-bond donors (Lipinski definition) is 2. The Morgan fingerprint density at radius 2 is 2.26 bits per heavy atom. The van der Waals surface area contributed by atoms with E-state index in [0.717, 1.165) is 44.2 Å². The number of carboxylic acid groups (broad SMARTS) is 1. The van der Waals surface area contributed by atoms with Crippen molar-refractivity contribution in [3.63, 3.8) is 0 Å². The summed E-state index contributed by atoms with van der Waals surface area (Å²) < 4.78 is 10.9. The number of rotatable bonds is 5. The van der Waals surface area contributed by atoms with Crippen molar-refractivity contribution < 1.29 is 29.6 Å². The predicted molar refractivity (Wildman–Crippen MR) is 84.1 cm³/mol. The Hall–Kier alpha value is -1.28. The summed E-state index contributed by atoms with van der Waals surface area (Å²) in [5.74, 6) is 0.502. The lowest BCUT2D eigenvalue weighted by atomic mass is 10.1. The summed E-state index contributed by atoms with van der Waals surface area (Å²) in [7, 11) is 1.69. The van der Waals surface area contributed by atoms with E-state index in [1.54, 1.807) is 18.9 Å². The molecule has 2 saturated heterocycles. The van der Waals surface area contributed by atoms with Crippen molar-refractivity contribution in [3.05, 3.63) is 29.3 Å². The first-order valence-electron chi connectivity index (χ1n) is 7.93. The van der Waals surface area contributed by atoms with Crippen LogP contribution in [0.15, 0.2) is 18.2 Å². The smallest absolute Gasteiger partial charge is 0.159 e. The SMILES string of the molecule is COc1ccc([C@H]2[NH2+][C@H](C(=O)[O-])CS2)cc1C[NH+]1CCOCC1. The molecule has 0 amide bonds. The fraction of sp³-hybridized carbons (Fsp3) is 0.562. The van der Waals surface area contributed by atoms with E-state index in [-0.39, 0.29) is 5.37 Å². The number of ether oxygens (including phenoxy) is 2. The molecule has 0 aliphatic carbocycles. The number of methoxy groups -OCH3 is 1. The lowest BCUT2D eigenvalue weighted by molar-refractivity contribution is -0.921. The largest absolute Gasteiger partial charge is 0.544 e. The van der Waals surface area contributed by atoms with Crippen LogP contribution in [0.4, 0.5) is 0 Å². The highest BCUT2D eigenvalue weighted by molar-refractivity contribution is 7.99. The van der Waals surface area contributed by atoms with E-state index in [4.69, 9.17) is 9.47 Å². The van der Waals surface area contributed by atoms with Gasteiger partial charge in [0.25, 0.3) is 0 Å². The maximum atomic E-state index is 11.0. The number of nitrogens with one attached hydrogen (secondary N) is 1. The Morgan fingerprint density at radius 3 is 2.91 bits per heavy atom. The summed E-state index contributed by atoms with van der Waals surface area (Å²) in [6.45, 7) is 4.52. The van der Waals surface area contributed by atoms with Crippen molar-refractivity contribution in [1.82, 2.24) is 0 Å². The summed E-state index contributed by atoms with van der Waals surface area (Å²) in [4.78, 5) is 12.5. The van der Waals surface area contributed by atoms with Crippen LogP contribution in [0.1, 0.15) is 16.5 Å². The number of hydrogen-bond acceptors (Lipinski definition) is 5. The number of morpholine rings is 1. The second-order valence-electron chi connectivity index (χ2n) is 5.98. The van der Waals surface area contributed by atoms with Gasteiger partial charge in [0, 0.05) is 11.1 Å². The first-order valence-corrected chi connectivity index (χ1v) is 8.98. The number of carboxylic acids is 1. The van der Waals surface area contributed by atoms with Crippen LogP contribution in [-0.2, 0) is 16.1 Å². The molecular weight excluding hydrogens is 316 g/mol. The van der Waals surface area contributed by atoms with Crippen LogP contribution in [0, 0.1) is 0 Å². The molecule has 1 aromatic carbocycles. The van der Waals surface area contributed by atoms with E-state index < -0.39 is 12.0 Å². The van der Waals surface area contributed by atoms with E-state index >= 15 is 0 Å². The average molecular weight is 339 g/mol. The fourth-order valence-electron chi connectivity index (χ4n) is 3.10. The number of nitrogens with two attached hydrogens (primary N) is 1. The molecule has 2 heterocycles. The van der Waals surface area contributed by atoms with Gasteiger partial charge in [0.2, 0.25) is 0 Å².